The van der Waals surface area contributed by atoms with Crippen molar-refractivity contribution in [2.24, 2.45) is 0 Å². The number of halogens is 3. The number of hydrogen-bond acceptors (Lipinski definition) is 6. The summed E-state index contributed by atoms with van der Waals surface area (Å²) in [6.07, 6.45) is 5.02. The van der Waals surface area contributed by atoms with Gasteiger partial charge in [-0.15, -0.1) is 5.54 Å². The summed E-state index contributed by atoms with van der Waals surface area (Å²) in [7, 11) is -2.26. The standard InChI is InChI=1S/C44H50F3N5OSi/c1-26(2)54(27(3)4,28(5)6)17-13-35-38(46)11-8-29-18-34(53)20-36(40(29)35)42-41(47)43-37(22-48-42)39(51-24-32-9-10-33(25-51)49-32)19-31(50-43)12-15-44-14-7-16-52(44)23-30(45)21-44/h8,11,18-20,22,26-28,30,32-33,49,53H,7,9-10,14,16,21,23-25H2,1-6H3/t30-,32-,33+,44-/m1/s1. The smallest absolute Gasteiger partial charge is 0.175 e. The molecule has 0 radical (unpaired) electrons. The number of pyridine rings is 2. The molecule has 4 fully saturated rings. The van der Waals surface area contributed by atoms with E-state index in [9.17, 15) is 9.50 Å². The zero-order valence-corrected chi connectivity index (χ0v) is 33.2. The Morgan fingerprint density at radius 1 is 0.963 bits per heavy atom. The lowest BCUT2D eigenvalue weighted by molar-refractivity contribution is 0.255. The van der Waals surface area contributed by atoms with Gasteiger partial charge in [-0.25, -0.2) is 18.2 Å². The largest absolute Gasteiger partial charge is 0.508 e. The van der Waals surface area contributed by atoms with Gasteiger partial charge in [-0.3, -0.25) is 9.88 Å². The van der Waals surface area contributed by atoms with Crippen molar-refractivity contribution >= 4 is 35.4 Å². The maximum atomic E-state index is 17.4. The summed E-state index contributed by atoms with van der Waals surface area (Å²) in [4.78, 5) is 14.0. The van der Waals surface area contributed by atoms with Crippen LogP contribution in [0.4, 0.5) is 18.9 Å². The summed E-state index contributed by atoms with van der Waals surface area (Å²) in [5, 5.41) is 16.1. The SMILES string of the molecule is CC(C)[Si](C#Cc1c(F)ccc2cc(O)cc(-c3ncc4c(N5C[C@H]6CC[C@@H](C5)N6)cc(C#C[C@@]56CCCN5C[C@H](F)C6)nc4c3F)c12)(C(C)C)C(C)C. The first-order chi connectivity index (χ1) is 25.8. The van der Waals surface area contributed by atoms with E-state index in [1.54, 1.807) is 18.3 Å². The van der Waals surface area contributed by atoms with Crippen molar-refractivity contribution in [1.82, 2.24) is 20.2 Å². The van der Waals surface area contributed by atoms with Gasteiger partial charge >= 0.3 is 0 Å². The van der Waals surface area contributed by atoms with E-state index in [0.717, 1.165) is 51.0 Å². The van der Waals surface area contributed by atoms with Crippen molar-refractivity contribution in [3.63, 3.8) is 0 Å². The minimum Gasteiger partial charge on any atom is -0.508 e. The van der Waals surface area contributed by atoms with Crippen LogP contribution < -0.4 is 10.2 Å². The van der Waals surface area contributed by atoms with Crippen molar-refractivity contribution in [2.75, 3.05) is 31.1 Å². The normalized spacial score (nSPS) is 24.1. The molecule has 0 saturated carbocycles. The lowest BCUT2D eigenvalue weighted by Crippen LogP contribution is -2.51. The van der Waals surface area contributed by atoms with Crippen LogP contribution >= 0.6 is 0 Å². The Hall–Kier alpha value is -4.09. The van der Waals surface area contributed by atoms with Crippen LogP contribution in [-0.4, -0.2) is 78.0 Å². The number of hydrogen-bond donors (Lipinski definition) is 2. The number of phenols is 1. The van der Waals surface area contributed by atoms with Gasteiger partial charge in [-0.1, -0.05) is 59.4 Å². The van der Waals surface area contributed by atoms with Crippen LogP contribution in [0.5, 0.6) is 5.75 Å². The number of aromatic hydroxyl groups is 1. The van der Waals surface area contributed by atoms with Gasteiger partial charge in [0.05, 0.1) is 16.8 Å². The lowest BCUT2D eigenvalue weighted by Gasteiger charge is -2.38. The third kappa shape index (κ3) is 6.15. The van der Waals surface area contributed by atoms with Gasteiger partial charge < -0.3 is 15.3 Å². The lowest BCUT2D eigenvalue weighted by atomic mass is 9.94. The molecular formula is C44H50F3N5OSi. The summed E-state index contributed by atoms with van der Waals surface area (Å²) < 4.78 is 48.0. The molecular weight excluding hydrogens is 700 g/mol. The van der Waals surface area contributed by atoms with Gasteiger partial charge in [0.1, 0.15) is 42.7 Å². The highest BCUT2D eigenvalue weighted by molar-refractivity contribution is 6.90. The Labute approximate surface area is 317 Å². The molecule has 0 amide bonds. The zero-order chi connectivity index (χ0) is 38.1. The maximum Gasteiger partial charge on any atom is 0.175 e. The predicted molar refractivity (Wildman–Crippen MR) is 214 cm³/mol. The summed E-state index contributed by atoms with van der Waals surface area (Å²) in [5.74, 6) is 8.71. The Kier molecular flexibility index (Phi) is 9.48. The molecule has 2 aromatic carbocycles. The van der Waals surface area contributed by atoms with Gasteiger partial charge in [0.15, 0.2) is 5.82 Å². The van der Waals surface area contributed by atoms with Gasteiger partial charge in [0, 0.05) is 60.7 Å². The van der Waals surface area contributed by atoms with Crippen LogP contribution in [0.25, 0.3) is 32.9 Å². The summed E-state index contributed by atoms with van der Waals surface area (Å²) >= 11 is 0. The fourth-order valence-corrected chi connectivity index (χ4v) is 15.7. The molecule has 0 spiro atoms. The van der Waals surface area contributed by atoms with E-state index in [1.165, 1.54) is 12.1 Å². The molecule has 282 valence electrons. The molecule has 6 heterocycles. The average Bonchev–Trinajstić information content (AvgIpc) is 3.77. The number of nitrogens with zero attached hydrogens (tertiary/aromatic N) is 4. The molecule has 4 saturated heterocycles. The van der Waals surface area contributed by atoms with Crippen LogP contribution in [-0.2, 0) is 0 Å². The molecule has 8 rings (SSSR count). The zero-order valence-electron chi connectivity index (χ0n) is 32.2. The minimum absolute atomic E-state index is 0.0438. The first kappa shape index (κ1) is 36.9. The minimum atomic E-state index is -2.26. The van der Waals surface area contributed by atoms with Crippen molar-refractivity contribution in [2.45, 2.75) is 114 Å². The first-order valence-corrected chi connectivity index (χ1v) is 21.9. The number of rotatable bonds is 5. The van der Waals surface area contributed by atoms with Crippen LogP contribution in [0.3, 0.4) is 0 Å². The number of anilines is 1. The monoisotopic (exact) mass is 749 g/mol. The number of alkyl halides is 1. The highest BCUT2D eigenvalue weighted by atomic mass is 28.3. The van der Waals surface area contributed by atoms with Gasteiger partial charge in [0.2, 0.25) is 0 Å². The summed E-state index contributed by atoms with van der Waals surface area (Å²) in [5.41, 5.74) is 5.82. The molecule has 2 aromatic heterocycles. The van der Waals surface area contributed by atoms with Gasteiger partial charge in [-0.05, 0) is 84.4 Å². The average molecular weight is 750 g/mol. The van der Waals surface area contributed by atoms with Gasteiger partial charge in [-0.2, -0.15) is 0 Å². The maximum absolute atomic E-state index is 17.4. The number of piperazine rings is 1. The molecule has 4 aliphatic rings. The number of aromatic nitrogens is 2. The third-order valence-electron chi connectivity index (χ3n) is 12.9. The molecule has 6 nitrogen and oxygen atoms in total. The second-order valence-corrected chi connectivity index (χ2v) is 22.6. The molecule has 2 bridgehead atoms. The molecule has 2 N–H and O–H groups in total. The molecule has 4 aromatic rings. The second kappa shape index (κ2) is 13.9. The van der Waals surface area contributed by atoms with E-state index in [1.807, 2.05) is 6.07 Å². The number of phenolic OH excluding ortho intramolecular Hbond substituents is 1. The van der Waals surface area contributed by atoms with E-state index in [2.05, 4.69) is 80.0 Å². The molecule has 4 atom stereocenters. The molecule has 0 unspecified atom stereocenters. The quantitative estimate of drug-likeness (QED) is 0.157. The van der Waals surface area contributed by atoms with Crippen LogP contribution in [0.2, 0.25) is 16.6 Å². The topological polar surface area (TPSA) is 64.5 Å². The number of fused-ring (bicyclic) bond motifs is 5. The Bertz CT molecular complexity index is 2240. The van der Waals surface area contributed by atoms with Crippen molar-refractivity contribution in [3.05, 3.63) is 59.4 Å². The first-order valence-electron chi connectivity index (χ1n) is 19.7. The third-order valence-corrected chi connectivity index (χ3v) is 19.2. The Morgan fingerprint density at radius 2 is 1.69 bits per heavy atom. The molecule has 0 aliphatic carbocycles. The highest BCUT2D eigenvalue weighted by Gasteiger charge is 2.48. The fourth-order valence-electron chi connectivity index (χ4n) is 10.5. The number of nitrogens with one attached hydrogen (secondary N) is 1. The summed E-state index contributed by atoms with van der Waals surface area (Å²) in [6.45, 7) is 16.0. The van der Waals surface area contributed by atoms with Gasteiger partial charge in [0.25, 0.3) is 0 Å². The van der Waals surface area contributed by atoms with Crippen molar-refractivity contribution in [3.8, 4) is 40.3 Å². The van der Waals surface area contributed by atoms with Crippen LogP contribution in [0.1, 0.15) is 84.9 Å². The van der Waals surface area contributed by atoms with Crippen molar-refractivity contribution in [1.29, 1.82) is 0 Å². The van der Waals surface area contributed by atoms with Crippen molar-refractivity contribution < 1.29 is 18.3 Å². The van der Waals surface area contributed by atoms with E-state index in [4.69, 9.17) is 9.97 Å². The Morgan fingerprint density at radius 3 is 2.39 bits per heavy atom. The molecule has 54 heavy (non-hydrogen) atoms. The van der Waals surface area contributed by atoms with E-state index < -0.39 is 31.4 Å². The van der Waals surface area contributed by atoms with E-state index in [0.29, 0.717) is 63.5 Å². The second-order valence-electron chi connectivity index (χ2n) is 17.0. The van der Waals surface area contributed by atoms with Crippen LogP contribution in [0.15, 0.2) is 36.5 Å². The fraction of sp³-hybridized carbons (Fsp3) is 0.500. The van der Waals surface area contributed by atoms with E-state index >= 15 is 8.78 Å². The van der Waals surface area contributed by atoms with Crippen LogP contribution in [0, 0.1) is 34.9 Å². The molecule has 4 aliphatic heterocycles. The van der Waals surface area contributed by atoms with E-state index in [-0.39, 0.29) is 28.1 Å². The highest BCUT2D eigenvalue weighted by Crippen LogP contribution is 2.43. The summed E-state index contributed by atoms with van der Waals surface area (Å²) in [6, 6.07) is 8.56. The predicted octanol–water partition coefficient (Wildman–Crippen LogP) is 8.87. The number of benzene rings is 2. The Balaban J connectivity index is 1.33. The molecule has 10 heteroatoms.